The van der Waals surface area contributed by atoms with E-state index in [1.807, 2.05) is 6.20 Å². The summed E-state index contributed by atoms with van der Waals surface area (Å²) in [5, 5.41) is 3.52. The third-order valence-electron chi connectivity index (χ3n) is 4.43. The molecular formula is C15H22N2. The number of fused-ring (bicyclic) bond motifs is 1. The summed E-state index contributed by atoms with van der Waals surface area (Å²) in [6, 6.07) is 4.37. The average molecular weight is 230 g/mol. The van der Waals surface area contributed by atoms with Crippen LogP contribution in [0.1, 0.15) is 49.3 Å². The fourth-order valence-corrected chi connectivity index (χ4v) is 3.55. The minimum Gasteiger partial charge on any atom is -0.317 e. The van der Waals surface area contributed by atoms with Gasteiger partial charge < -0.3 is 5.32 Å². The molecule has 0 spiro atoms. The summed E-state index contributed by atoms with van der Waals surface area (Å²) in [7, 11) is 0. The molecule has 1 aromatic rings. The van der Waals surface area contributed by atoms with Crippen LogP contribution in [-0.2, 0) is 6.42 Å². The molecule has 1 aliphatic carbocycles. The Labute approximate surface area is 104 Å². The van der Waals surface area contributed by atoms with Gasteiger partial charge in [-0.25, -0.2) is 0 Å². The van der Waals surface area contributed by atoms with Crippen molar-refractivity contribution < 1.29 is 0 Å². The summed E-state index contributed by atoms with van der Waals surface area (Å²) in [5.41, 5.74) is 2.94. The van der Waals surface area contributed by atoms with Gasteiger partial charge in [-0.05, 0) is 69.2 Å². The van der Waals surface area contributed by atoms with Crippen LogP contribution in [-0.4, -0.2) is 18.1 Å². The lowest BCUT2D eigenvalue weighted by Crippen LogP contribution is -2.21. The van der Waals surface area contributed by atoms with Gasteiger partial charge in [0.05, 0.1) is 0 Å². The van der Waals surface area contributed by atoms with E-state index in [9.17, 15) is 0 Å². The highest BCUT2D eigenvalue weighted by Gasteiger charge is 2.29. The molecule has 2 heterocycles. The molecular weight excluding hydrogens is 208 g/mol. The summed E-state index contributed by atoms with van der Waals surface area (Å²) in [6.07, 6.45) is 9.98. The summed E-state index contributed by atoms with van der Waals surface area (Å²) in [5.74, 6) is 1.60. The molecule has 1 aliphatic heterocycles. The zero-order valence-electron chi connectivity index (χ0n) is 10.5. The first kappa shape index (κ1) is 11.2. The molecule has 0 saturated carbocycles. The molecule has 0 bridgehead atoms. The largest absolute Gasteiger partial charge is 0.317 e. The topological polar surface area (TPSA) is 24.9 Å². The fourth-order valence-electron chi connectivity index (χ4n) is 3.55. The van der Waals surface area contributed by atoms with Gasteiger partial charge in [-0.3, -0.25) is 4.98 Å². The van der Waals surface area contributed by atoms with Gasteiger partial charge in [0.1, 0.15) is 0 Å². The summed E-state index contributed by atoms with van der Waals surface area (Å²) in [6.45, 7) is 2.40. The van der Waals surface area contributed by atoms with Crippen LogP contribution >= 0.6 is 0 Å². The van der Waals surface area contributed by atoms with Crippen molar-refractivity contribution in [3.8, 4) is 0 Å². The summed E-state index contributed by atoms with van der Waals surface area (Å²) >= 11 is 0. The molecule has 1 saturated heterocycles. The maximum Gasteiger partial charge on any atom is 0.0469 e. The lowest BCUT2D eigenvalue weighted by molar-refractivity contribution is 0.341. The number of aryl methyl sites for hydroxylation is 1. The highest BCUT2D eigenvalue weighted by molar-refractivity contribution is 5.26. The van der Waals surface area contributed by atoms with Crippen LogP contribution in [0.15, 0.2) is 18.3 Å². The number of hydrogen-bond acceptors (Lipinski definition) is 2. The van der Waals surface area contributed by atoms with Crippen LogP contribution in [0.5, 0.6) is 0 Å². The van der Waals surface area contributed by atoms with E-state index in [2.05, 4.69) is 22.4 Å². The second kappa shape index (κ2) is 5.18. The molecule has 2 unspecified atom stereocenters. The Morgan fingerprint density at radius 2 is 2.12 bits per heavy atom. The molecule has 2 heteroatoms. The van der Waals surface area contributed by atoms with Crippen molar-refractivity contribution in [2.24, 2.45) is 5.92 Å². The minimum absolute atomic E-state index is 0.736. The van der Waals surface area contributed by atoms with E-state index in [0.717, 1.165) is 11.8 Å². The van der Waals surface area contributed by atoms with Gasteiger partial charge >= 0.3 is 0 Å². The Bertz CT molecular complexity index is 367. The number of aromatic nitrogens is 1. The number of nitrogens with one attached hydrogen (secondary N) is 1. The van der Waals surface area contributed by atoms with Gasteiger partial charge in [0.15, 0.2) is 0 Å². The maximum absolute atomic E-state index is 4.69. The molecule has 92 valence electrons. The van der Waals surface area contributed by atoms with Gasteiger partial charge in [0, 0.05) is 17.8 Å². The molecule has 17 heavy (non-hydrogen) atoms. The molecule has 2 aliphatic rings. The Hall–Kier alpha value is -0.890. The molecule has 0 radical (unpaired) electrons. The SMILES string of the molecule is c1cnc2c(c1)CCCC2C1CCCNCC1. The normalized spacial score (nSPS) is 29.4. The quantitative estimate of drug-likeness (QED) is 0.802. The first-order chi connectivity index (χ1) is 8.45. The van der Waals surface area contributed by atoms with E-state index < -0.39 is 0 Å². The highest BCUT2D eigenvalue weighted by Crippen LogP contribution is 2.39. The molecule has 1 aromatic heterocycles. The zero-order valence-corrected chi connectivity index (χ0v) is 10.5. The number of hydrogen-bond donors (Lipinski definition) is 1. The van der Waals surface area contributed by atoms with Crippen molar-refractivity contribution in [3.05, 3.63) is 29.6 Å². The van der Waals surface area contributed by atoms with Crippen molar-refractivity contribution in [1.29, 1.82) is 0 Å². The van der Waals surface area contributed by atoms with E-state index >= 15 is 0 Å². The lowest BCUT2D eigenvalue weighted by atomic mass is 9.76. The van der Waals surface area contributed by atoms with Gasteiger partial charge in [0.2, 0.25) is 0 Å². The maximum atomic E-state index is 4.69. The molecule has 1 fully saturated rings. The van der Waals surface area contributed by atoms with E-state index in [4.69, 9.17) is 0 Å². The second-order valence-electron chi connectivity index (χ2n) is 5.49. The predicted octanol–water partition coefficient (Wildman–Crippen LogP) is 2.89. The van der Waals surface area contributed by atoms with Crippen LogP contribution in [0.4, 0.5) is 0 Å². The van der Waals surface area contributed by atoms with Crippen molar-refractivity contribution >= 4 is 0 Å². The van der Waals surface area contributed by atoms with Crippen LogP contribution in [0.25, 0.3) is 0 Å². The van der Waals surface area contributed by atoms with Crippen molar-refractivity contribution in [1.82, 2.24) is 10.3 Å². The Balaban J connectivity index is 1.83. The Kier molecular flexibility index (Phi) is 3.41. The predicted molar refractivity (Wildman–Crippen MR) is 70.1 cm³/mol. The average Bonchev–Trinajstić information content (AvgIpc) is 2.67. The van der Waals surface area contributed by atoms with Crippen LogP contribution < -0.4 is 5.32 Å². The van der Waals surface area contributed by atoms with Crippen LogP contribution in [0.3, 0.4) is 0 Å². The first-order valence-electron chi connectivity index (χ1n) is 7.09. The molecule has 2 nitrogen and oxygen atoms in total. The Morgan fingerprint density at radius 1 is 1.12 bits per heavy atom. The molecule has 0 aromatic carbocycles. The highest BCUT2D eigenvalue weighted by atomic mass is 14.9. The van der Waals surface area contributed by atoms with E-state index in [1.165, 1.54) is 62.9 Å². The smallest absolute Gasteiger partial charge is 0.0469 e. The monoisotopic (exact) mass is 230 g/mol. The zero-order chi connectivity index (χ0) is 11.5. The third kappa shape index (κ3) is 2.37. The number of nitrogens with zero attached hydrogens (tertiary/aromatic N) is 1. The van der Waals surface area contributed by atoms with Gasteiger partial charge in [-0.1, -0.05) is 6.07 Å². The van der Waals surface area contributed by atoms with Crippen molar-refractivity contribution in [2.75, 3.05) is 13.1 Å². The van der Waals surface area contributed by atoms with Gasteiger partial charge in [0.25, 0.3) is 0 Å². The van der Waals surface area contributed by atoms with E-state index in [0.29, 0.717) is 0 Å². The minimum atomic E-state index is 0.736. The fraction of sp³-hybridized carbons (Fsp3) is 0.667. The van der Waals surface area contributed by atoms with E-state index in [1.54, 1.807) is 0 Å². The number of rotatable bonds is 1. The van der Waals surface area contributed by atoms with Crippen molar-refractivity contribution in [2.45, 2.75) is 44.4 Å². The molecule has 1 N–H and O–H groups in total. The standard InChI is InChI=1S/C15H22N2/c1-4-13-6-3-10-17-15(13)14(7-1)12-5-2-9-16-11-8-12/h3,6,10,12,14,16H,1-2,4-5,7-9,11H2. The van der Waals surface area contributed by atoms with E-state index in [-0.39, 0.29) is 0 Å². The van der Waals surface area contributed by atoms with Gasteiger partial charge in [-0.2, -0.15) is 0 Å². The Morgan fingerprint density at radius 3 is 3.12 bits per heavy atom. The molecule has 2 atom stereocenters. The molecule has 3 rings (SSSR count). The van der Waals surface area contributed by atoms with Gasteiger partial charge in [-0.15, -0.1) is 0 Å². The summed E-state index contributed by atoms with van der Waals surface area (Å²) < 4.78 is 0. The third-order valence-corrected chi connectivity index (χ3v) is 4.43. The van der Waals surface area contributed by atoms with Crippen LogP contribution in [0.2, 0.25) is 0 Å². The van der Waals surface area contributed by atoms with Crippen LogP contribution in [0, 0.1) is 5.92 Å². The first-order valence-corrected chi connectivity index (χ1v) is 7.09. The lowest BCUT2D eigenvalue weighted by Gasteiger charge is -2.30. The second-order valence-corrected chi connectivity index (χ2v) is 5.49. The summed E-state index contributed by atoms with van der Waals surface area (Å²) in [4.78, 5) is 4.69. The van der Waals surface area contributed by atoms with Crippen molar-refractivity contribution in [3.63, 3.8) is 0 Å². The number of pyridine rings is 1. The molecule has 0 amide bonds.